The van der Waals surface area contributed by atoms with E-state index in [9.17, 15) is 13.2 Å². The molecule has 0 radical (unpaired) electrons. The summed E-state index contributed by atoms with van der Waals surface area (Å²) in [6.45, 7) is 2.29. The predicted octanol–water partition coefficient (Wildman–Crippen LogP) is 3.86. The van der Waals surface area contributed by atoms with Gasteiger partial charge in [0.25, 0.3) is 0 Å². The maximum Gasteiger partial charge on any atom is 0.357 e. The van der Waals surface area contributed by atoms with Crippen LogP contribution in [-0.4, -0.2) is 51.0 Å². The number of nitrogens with zero attached hydrogens (tertiary/aromatic N) is 2. The van der Waals surface area contributed by atoms with E-state index < -0.39 is 16.0 Å². The lowest BCUT2D eigenvalue weighted by Gasteiger charge is -2.12. The summed E-state index contributed by atoms with van der Waals surface area (Å²) >= 11 is 1.39. The number of carbonyl (C=O) groups is 1. The van der Waals surface area contributed by atoms with Crippen molar-refractivity contribution in [2.75, 3.05) is 27.3 Å². The zero-order chi connectivity index (χ0) is 22.4. The molecule has 7 nitrogen and oxygen atoms in total. The first-order valence-electron chi connectivity index (χ1n) is 9.68. The van der Waals surface area contributed by atoms with E-state index in [0.29, 0.717) is 5.75 Å². The Bertz CT molecular complexity index is 1120. The van der Waals surface area contributed by atoms with Crippen molar-refractivity contribution in [1.82, 2.24) is 9.29 Å². The molecule has 1 aromatic heterocycles. The summed E-state index contributed by atoms with van der Waals surface area (Å²) in [7, 11) is -0.533. The van der Waals surface area contributed by atoms with Crippen LogP contribution in [0.25, 0.3) is 10.6 Å². The van der Waals surface area contributed by atoms with Gasteiger partial charge < -0.3 is 9.47 Å². The molecule has 0 aliphatic rings. The number of esters is 1. The van der Waals surface area contributed by atoms with Crippen LogP contribution in [0, 0.1) is 0 Å². The molecule has 0 saturated carbocycles. The minimum Gasteiger partial charge on any atom is -0.490 e. The van der Waals surface area contributed by atoms with Crippen LogP contribution in [0.1, 0.15) is 23.0 Å². The van der Waals surface area contributed by atoms with Crippen molar-refractivity contribution < 1.29 is 22.7 Å². The maximum atomic E-state index is 12.2. The summed E-state index contributed by atoms with van der Waals surface area (Å²) < 4.78 is 36.0. The van der Waals surface area contributed by atoms with Gasteiger partial charge in [-0.15, -0.1) is 11.3 Å². The van der Waals surface area contributed by atoms with Gasteiger partial charge in [-0.1, -0.05) is 31.2 Å². The third-order valence-electron chi connectivity index (χ3n) is 4.51. The zero-order valence-corrected chi connectivity index (χ0v) is 19.2. The number of sulfonamides is 1. The van der Waals surface area contributed by atoms with Gasteiger partial charge >= 0.3 is 5.97 Å². The van der Waals surface area contributed by atoms with Gasteiger partial charge in [-0.05, 0) is 36.2 Å². The number of rotatable bonds is 9. The number of aromatic nitrogens is 1. The van der Waals surface area contributed by atoms with Crippen LogP contribution in [0.3, 0.4) is 0 Å². The Morgan fingerprint density at radius 3 is 2.32 bits per heavy atom. The second kappa shape index (κ2) is 10.0. The van der Waals surface area contributed by atoms with Gasteiger partial charge in [0.05, 0.1) is 4.90 Å². The number of hydrogen-bond acceptors (Lipinski definition) is 7. The van der Waals surface area contributed by atoms with Crippen LogP contribution in [0.5, 0.6) is 5.75 Å². The first kappa shape index (κ1) is 22.9. The Hall–Kier alpha value is -2.75. The summed E-state index contributed by atoms with van der Waals surface area (Å²) in [5.74, 6) is -0.0241. The van der Waals surface area contributed by atoms with E-state index in [1.165, 1.54) is 43.1 Å². The Kier molecular flexibility index (Phi) is 7.42. The van der Waals surface area contributed by atoms with E-state index in [1.54, 1.807) is 17.5 Å². The first-order valence-corrected chi connectivity index (χ1v) is 12.0. The fourth-order valence-electron chi connectivity index (χ4n) is 2.67. The topological polar surface area (TPSA) is 85.8 Å². The number of ether oxygens (including phenoxy) is 2. The normalized spacial score (nSPS) is 11.5. The maximum absolute atomic E-state index is 12.2. The summed E-state index contributed by atoms with van der Waals surface area (Å²) in [6, 6.07) is 14.2. The van der Waals surface area contributed by atoms with Crippen molar-refractivity contribution in [2.45, 2.75) is 18.2 Å². The molecule has 1 heterocycles. The third-order valence-corrected chi connectivity index (χ3v) is 7.23. The molecule has 0 aliphatic carbocycles. The number of thiazole rings is 1. The van der Waals surface area contributed by atoms with E-state index in [1.807, 2.05) is 12.1 Å². The molecule has 0 bridgehead atoms. The smallest absolute Gasteiger partial charge is 0.357 e. The molecular weight excluding hydrogens is 436 g/mol. The molecule has 0 saturated heterocycles. The van der Waals surface area contributed by atoms with Crippen molar-refractivity contribution in [3.63, 3.8) is 0 Å². The average molecular weight is 461 g/mol. The van der Waals surface area contributed by atoms with Gasteiger partial charge in [-0.25, -0.2) is 22.5 Å². The fraction of sp³-hybridized carbons (Fsp3) is 0.273. The van der Waals surface area contributed by atoms with Crippen molar-refractivity contribution in [3.8, 4) is 16.3 Å². The van der Waals surface area contributed by atoms with Crippen LogP contribution in [0.2, 0.25) is 0 Å². The zero-order valence-electron chi connectivity index (χ0n) is 17.6. The first-order chi connectivity index (χ1) is 14.8. The van der Waals surface area contributed by atoms with Gasteiger partial charge in [0.2, 0.25) is 10.0 Å². The van der Waals surface area contributed by atoms with Crippen molar-refractivity contribution in [2.24, 2.45) is 0 Å². The van der Waals surface area contributed by atoms with Crippen LogP contribution in [0.4, 0.5) is 0 Å². The largest absolute Gasteiger partial charge is 0.490 e. The van der Waals surface area contributed by atoms with E-state index in [0.717, 1.165) is 21.3 Å². The minimum absolute atomic E-state index is 0.0502. The second-order valence-electron chi connectivity index (χ2n) is 6.83. The summed E-state index contributed by atoms with van der Waals surface area (Å²) in [5.41, 5.74) is 2.47. The van der Waals surface area contributed by atoms with Gasteiger partial charge in [0, 0.05) is 25.0 Å². The molecule has 2 aromatic carbocycles. The molecule has 9 heteroatoms. The van der Waals surface area contributed by atoms with Crippen LogP contribution in [-0.2, 0) is 21.2 Å². The highest BCUT2D eigenvalue weighted by Gasteiger charge is 2.17. The highest BCUT2D eigenvalue weighted by molar-refractivity contribution is 7.89. The minimum atomic E-state index is -3.48. The highest BCUT2D eigenvalue weighted by Crippen LogP contribution is 2.24. The lowest BCUT2D eigenvalue weighted by molar-refractivity contribution is 0.0444. The summed E-state index contributed by atoms with van der Waals surface area (Å²) in [4.78, 5) is 16.8. The summed E-state index contributed by atoms with van der Waals surface area (Å²) in [6.07, 6.45) is 0.969. The van der Waals surface area contributed by atoms with Crippen molar-refractivity contribution in [3.05, 3.63) is 65.2 Å². The lowest BCUT2D eigenvalue weighted by atomic mass is 10.1. The lowest BCUT2D eigenvalue weighted by Crippen LogP contribution is -2.22. The molecule has 0 fully saturated rings. The Morgan fingerprint density at radius 2 is 1.71 bits per heavy atom. The monoisotopic (exact) mass is 460 g/mol. The molecule has 0 aliphatic heterocycles. The number of aryl methyl sites for hydroxylation is 1. The van der Waals surface area contributed by atoms with Crippen molar-refractivity contribution >= 4 is 27.3 Å². The predicted molar refractivity (Wildman–Crippen MR) is 120 cm³/mol. The molecule has 164 valence electrons. The number of benzene rings is 2. The molecule has 0 spiro atoms. The van der Waals surface area contributed by atoms with Gasteiger partial charge in [-0.3, -0.25) is 0 Å². The Morgan fingerprint density at radius 1 is 1.03 bits per heavy atom. The second-order valence-corrected chi connectivity index (χ2v) is 9.84. The summed E-state index contributed by atoms with van der Waals surface area (Å²) in [5, 5.41) is 2.44. The molecule has 0 unspecified atom stereocenters. The van der Waals surface area contributed by atoms with Crippen LogP contribution in [0.15, 0.2) is 58.8 Å². The quantitative estimate of drug-likeness (QED) is 0.356. The standard InChI is InChI=1S/C22H24N2O5S2/c1-4-16-5-7-17(8-6-16)21-23-20(15-30-21)22(25)29-14-13-28-18-9-11-19(12-10-18)31(26,27)24(2)3/h5-12,15H,4,13-14H2,1-3H3. The van der Waals surface area contributed by atoms with E-state index in [2.05, 4.69) is 24.0 Å². The van der Waals surface area contributed by atoms with Gasteiger partial charge in [0.15, 0.2) is 5.69 Å². The van der Waals surface area contributed by atoms with Gasteiger partial charge in [0.1, 0.15) is 24.0 Å². The molecule has 0 amide bonds. The highest BCUT2D eigenvalue weighted by atomic mass is 32.2. The SMILES string of the molecule is CCc1ccc(-c2nc(C(=O)OCCOc3ccc(S(=O)(=O)N(C)C)cc3)cs2)cc1. The molecule has 3 rings (SSSR count). The number of hydrogen-bond donors (Lipinski definition) is 0. The Balaban J connectivity index is 1.49. The van der Waals surface area contributed by atoms with Crippen molar-refractivity contribution in [1.29, 1.82) is 0 Å². The van der Waals surface area contributed by atoms with E-state index in [4.69, 9.17) is 9.47 Å². The van der Waals surface area contributed by atoms with Crippen LogP contribution < -0.4 is 4.74 Å². The third kappa shape index (κ3) is 5.69. The fourth-order valence-corrected chi connectivity index (χ4v) is 4.37. The molecule has 3 aromatic rings. The average Bonchev–Trinajstić information content (AvgIpc) is 3.27. The Labute approximate surface area is 186 Å². The molecule has 0 N–H and O–H groups in total. The van der Waals surface area contributed by atoms with E-state index in [-0.39, 0.29) is 23.8 Å². The van der Waals surface area contributed by atoms with Gasteiger partial charge in [-0.2, -0.15) is 0 Å². The van der Waals surface area contributed by atoms with E-state index >= 15 is 0 Å². The van der Waals surface area contributed by atoms with Crippen LogP contribution >= 0.6 is 11.3 Å². The molecular formula is C22H24N2O5S2. The number of carbonyl (C=O) groups excluding carboxylic acids is 1. The molecule has 31 heavy (non-hydrogen) atoms. The molecule has 0 atom stereocenters.